The summed E-state index contributed by atoms with van der Waals surface area (Å²) >= 11 is 0. The largest absolute Gasteiger partial charge is 0.336 e. The Morgan fingerprint density at radius 3 is 2.56 bits per heavy atom. The fourth-order valence-corrected chi connectivity index (χ4v) is 5.13. The Morgan fingerprint density at radius 2 is 1.85 bits per heavy atom. The Balaban J connectivity index is 1.57. The molecule has 1 aromatic carbocycles. The van der Waals surface area contributed by atoms with Crippen molar-refractivity contribution in [2.24, 2.45) is 0 Å². The SMILES string of the molecule is Cc1c(Cc2ccc(F)c(C(=O)N3CC(=O)N(C4CCCCC4)CC3(C)C)c2)n[nH]c(=O)c1C. The molecule has 0 unspecified atom stereocenters. The van der Waals surface area contributed by atoms with E-state index in [2.05, 4.69) is 10.2 Å². The lowest BCUT2D eigenvalue weighted by Crippen LogP contribution is -2.65. The Bertz CT molecular complexity index is 1170. The van der Waals surface area contributed by atoms with E-state index in [1.807, 2.05) is 25.7 Å². The number of amides is 2. The number of carbonyl (C=O) groups is 2. The van der Waals surface area contributed by atoms with Crippen LogP contribution in [0.1, 0.15) is 78.7 Å². The normalized spacial score (nSPS) is 18.9. The molecule has 2 fully saturated rings. The number of piperazine rings is 1. The summed E-state index contributed by atoms with van der Waals surface area (Å²) in [5, 5.41) is 6.61. The van der Waals surface area contributed by atoms with Crippen LogP contribution in [0.5, 0.6) is 0 Å². The molecule has 0 spiro atoms. The van der Waals surface area contributed by atoms with Crippen molar-refractivity contribution < 1.29 is 14.0 Å². The van der Waals surface area contributed by atoms with E-state index < -0.39 is 17.3 Å². The van der Waals surface area contributed by atoms with E-state index in [4.69, 9.17) is 0 Å². The second kappa shape index (κ2) is 9.31. The van der Waals surface area contributed by atoms with Crippen LogP contribution in [-0.2, 0) is 11.2 Å². The standard InChI is InChI=1S/C26H33FN4O3/c1-16-17(2)24(33)29-28-22(16)13-18-10-11-21(27)20(12-18)25(34)31-14-23(32)30(15-26(31,3)4)19-8-6-5-7-9-19/h10-12,19H,5-9,13-15H2,1-4H3,(H,29,33). The number of nitrogens with one attached hydrogen (secondary N) is 1. The van der Waals surface area contributed by atoms with E-state index in [0.29, 0.717) is 29.8 Å². The monoisotopic (exact) mass is 468 g/mol. The van der Waals surface area contributed by atoms with E-state index in [-0.39, 0.29) is 29.6 Å². The summed E-state index contributed by atoms with van der Waals surface area (Å²) in [5.74, 6) is -1.17. The summed E-state index contributed by atoms with van der Waals surface area (Å²) in [6.07, 6.45) is 5.81. The van der Waals surface area contributed by atoms with Crippen LogP contribution in [0.3, 0.4) is 0 Å². The number of carbonyl (C=O) groups excluding carboxylic acids is 2. The van der Waals surface area contributed by atoms with Crippen molar-refractivity contribution in [3.8, 4) is 0 Å². The van der Waals surface area contributed by atoms with Gasteiger partial charge in [0.1, 0.15) is 12.4 Å². The fourth-order valence-electron chi connectivity index (χ4n) is 5.13. The molecule has 2 amide bonds. The number of hydrogen-bond acceptors (Lipinski definition) is 4. The molecule has 34 heavy (non-hydrogen) atoms. The van der Waals surface area contributed by atoms with Crippen molar-refractivity contribution in [2.75, 3.05) is 13.1 Å². The molecular formula is C26H33FN4O3. The van der Waals surface area contributed by atoms with Crippen LogP contribution in [0.2, 0.25) is 0 Å². The third-order valence-electron chi connectivity index (χ3n) is 7.42. The molecule has 0 bridgehead atoms. The van der Waals surface area contributed by atoms with Crippen molar-refractivity contribution in [3.63, 3.8) is 0 Å². The lowest BCUT2D eigenvalue weighted by Gasteiger charge is -2.49. The van der Waals surface area contributed by atoms with Gasteiger partial charge in [0, 0.05) is 24.6 Å². The number of hydrogen-bond donors (Lipinski definition) is 1. The summed E-state index contributed by atoms with van der Waals surface area (Å²) in [6, 6.07) is 4.66. The average molecular weight is 469 g/mol. The van der Waals surface area contributed by atoms with Gasteiger partial charge in [-0.3, -0.25) is 14.4 Å². The molecule has 1 aromatic heterocycles. The molecule has 1 saturated heterocycles. The third kappa shape index (κ3) is 4.63. The molecule has 2 aromatic rings. The van der Waals surface area contributed by atoms with E-state index in [1.54, 1.807) is 13.0 Å². The first-order chi connectivity index (χ1) is 16.1. The number of nitrogens with zero attached hydrogens (tertiary/aromatic N) is 3. The molecule has 1 N–H and O–H groups in total. The molecular weight excluding hydrogens is 435 g/mol. The second-order valence-corrected chi connectivity index (χ2v) is 10.3. The Labute approximate surface area is 199 Å². The number of benzene rings is 1. The predicted octanol–water partition coefficient (Wildman–Crippen LogP) is 3.51. The molecule has 7 nitrogen and oxygen atoms in total. The van der Waals surface area contributed by atoms with E-state index in [1.165, 1.54) is 23.5 Å². The molecule has 4 rings (SSSR count). The van der Waals surface area contributed by atoms with Crippen molar-refractivity contribution in [3.05, 3.63) is 62.3 Å². The van der Waals surface area contributed by atoms with Crippen LogP contribution < -0.4 is 5.56 Å². The minimum Gasteiger partial charge on any atom is -0.336 e. The van der Waals surface area contributed by atoms with Gasteiger partial charge in [-0.1, -0.05) is 25.3 Å². The summed E-state index contributed by atoms with van der Waals surface area (Å²) in [6.45, 7) is 7.82. The number of H-pyrrole nitrogens is 1. The highest BCUT2D eigenvalue weighted by atomic mass is 19.1. The van der Waals surface area contributed by atoms with Gasteiger partial charge >= 0.3 is 0 Å². The molecule has 2 heterocycles. The van der Waals surface area contributed by atoms with Crippen molar-refractivity contribution >= 4 is 11.8 Å². The van der Waals surface area contributed by atoms with Crippen LogP contribution in [0.15, 0.2) is 23.0 Å². The smallest absolute Gasteiger partial charge is 0.267 e. The van der Waals surface area contributed by atoms with E-state index in [9.17, 15) is 18.8 Å². The summed E-state index contributed by atoms with van der Waals surface area (Å²) in [5.41, 5.74) is 1.82. The van der Waals surface area contributed by atoms with Crippen LogP contribution in [0, 0.1) is 19.7 Å². The maximum absolute atomic E-state index is 14.8. The molecule has 0 atom stereocenters. The molecule has 1 aliphatic carbocycles. The molecule has 1 saturated carbocycles. The lowest BCUT2D eigenvalue weighted by molar-refractivity contribution is -0.143. The first-order valence-corrected chi connectivity index (χ1v) is 12.0. The molecule has 0 radical (unpaired) electrons. The molecule has 8 heteroatoms. The van der Waals surface area contributed by atoms with Crippen molar-refractivity contribution in [1.29, 1.82) is 0 Å². The summed E-state index contributed by atoms with van der Waals surface area (Å²) < 4.78 is 14.8. The number of aromatic nitrogens is 2. The van der Waals surface area contributed by atoms with Crippen molar-refractivity contribution in [2.45, 2.75) is 77.8 Å². The average Bonchev–Trinajstić information content (AvgIpc) is 2.82. The minimum absolute atomic E-state index is 0.0498. The van der Waals surface area contributed by atoms with Gasteiger partial charge in [0.15, 0.2) is 0 Å². The van der Waals surface area contributed by atoms with Gasteiger partial charge in [-0.05, 0) is 63.8 Å². The zero-order valence-corrected chi connectivity index (χ0v) is 20.4. The summed E-state index contributed by atoms with van der Waals surface area (Å²) in [7, 11) is 0. The second-order valence-electron chi connectivity index (χ2n) is 10.3. The highest BCUT2D eigenvalue weighted by molar-refractivity contribution is 5.98. The zero-order chi connectivity index (χ0) is 24.6. The molecule has 2 aliphatic rings. The van der Waals surface area contributed by atoms with Crippen LogP contribution in [0.25, 0.3) is 0 Å². The van der Waals surface area contributed by atoms with Gasteiger partial charge in [-0.2, -0.15) is 5.10 Å². The maximum atomic E-state index is 14.8. The molecule has 182 valence electrons. The van der Waals surface area contributed by atoms with Gasteiger partial charge in [-0.15, -0.1) is 0 Å². The highest BCUT2D eigenvalue weighted by Crippen LogP contribution is 2.31. The first-order valence-electron chi connectivity index (χ1n) is 12.0. The third-order valence-corrected chi connectivity index (χ3v) is 7.42. The highest BCUT2D eigenvalue weighted by Gasteiger charge is 2.43. The minimum atomic E-state index is -0.617. The predicted molar refractivity (Wildman–Crippen MR) is 127 cm³/mol. The Kier molecular flexibility index (Phi) is 6.60. The number of rotatable bonds is 4. The van der Waals surface area contributed by atoms with Gasteiger partial charge in [-0.25, -0.2) is 9.49 Å². The Morgan fingerprint density at radius 1 is 1.15 bits per heavy atom. The number of aromatic amines is 1. The fraction of sp³-hybridized carbons (Fsp3) is 0.538. The van der Waals surface area contributed by atoms with E-state index in [0.717, 1.165) is 31.2 Å². The number of halogens is 1. The molecule has 1 aliphatic heterocycles. The zero-order valence-electron chi connectivity index (χ0n) is 20.4. The topological polar surface area (TPSA) is 86.4 Å². The van der Waals surface area contributed by atoms with Gasteiger partial charge in [0.05, 0.1) is 16.8 Å². The van der Waals surface area contributed by atoms with Crippen LogP contribution in [-0.4, -0.2) is 56.5 Å². The summed E-state index contributed by atoms with van der Waals surface area (Å²) in [4.78, 5) is 41.7. The van der Waals surface area contributed by atoms with Gasteiger partial charge in [0.25, 0.3) is 11.5 Å². The van der Waals surface area contributed by atoms with Gasteiger partial charge in [0.2, 0.25) is 5.91 Å². The quantitative estimate of drug-likeness (QED) is 0.744. The van der Waals surface area contributed by atoms with Crippen molar-refractivity contribution in [1.82, 2.24) is 20.0 Å². The lowest BCUT2D eigenvalue weighted by atomic mass is 9.90. The maximum Gasteiger partial charge on any atom is 0.267 e. The van der Waals surface area contributed by atoms with Crippen LogP contribution in [0.4, 0.5) is 4.39 Å². The Hall–Kier alpha value is -3.03. The first kappa shape index (κ1) is 24.1. The van der Waals surface area contributed by atoms with Gasteiger partial charge < -0.3 is 9.80 Å². The van der Waals surface area contributed by atoms with E-state index >= 15 is 0 Å². The van der Waals surface area contributed by atoms with Crippen LogP contribution >= 0.6 is 0 Å².